The van der Waals surface area contributed by atoms with Crippen LogP contribution in [0, 0.1) is 0 Å². The van der Waals surface area contributed by atoms with Crippen molar-refractivity contribution in [3.63, 3.8) is 0 Å². The van der Waals surface area contributed by atoms with E-state index in [1.54, 1.807) is 7.11 Å². The van der Waals surface area contributed by atoms with Crippen LogP contribution in [-0.4, -0.2) is 29.5 Å². The molecular weight excluding hydrogens is 264 g/mol. The molecule has 5 nitrogen and oxygen atoms in total. The van der Waals surface area contributed by atoms with Crippen LogP contribution in [0.25, 0.3) is 0 Å². The number of aryl methyl sites for hydroxylation is 1. The lowest BCUT2D eigenvalue weighted by Crippen LogP contribution is -2.22. The highest BCUT2D eigenvalue weighted by molar-refractivity contribution is 5.31. The van der Waals surface area contributed by atoms with E-state index in [1.807, 2.05) is 0 Å². The minimum absolute atomic E-state index is 0.391. The van der Waals surface area contributed by atoms with Crippen molar-refractivity contribution in [3.8, 4) is 0 Å². The molecule has 2 aliphatic carbocycles. The van der Waals surface area contributed by atoms with Gasteiger partial charge in [-0.05, 0) is 57.4 Å². The zero-order valence-corrected chi connectivity index (χ0v) is 13.3. The third-order valence-corrected chi connectivity index (χ3v) is 4.55. The standard InChI is InChI=1S/C16H28N4O/c1-12(18-13-8-9-13)16-14-6-3-4-7-15(14)20(19-16)11-5-10-17-21-2/h12-13,17-18H,3-11H2,1-2H3/t12-/m1/s1. The lowest BCUT2D eigenvalue weighted by Gasteiger charge is -2.16. The Bertz CT molecular complexity index is 467. The van der Waals surface area contributed by atoms with E-state index in [4.69, 9.17) is 9.94 Å². The van der Waals surface area contributed by atoms with Gasteiger partial charge in [0.2, 0.25) is 0 Å². The summed E-state index contributed by atoms with van der Waals surface area (Å²) in [5.74, 6) is 0. The summed E-state index contributed by atoms with van der Waals surface area (Å²) in [5, 5.41) is 8.66. The lowest BCUT2D eigenvalue weighted by atomic mass is 9.94. The summed E-state index contributed by atoms with van der Waals surface area (Å²) >= 11 is 0. The van der Waals surface area contributed by atoms with E-state index in [9.17, 15) is 0 Å². The Morgan fingerprint density at radius 3 is 2.90 bits per heavy atom. The number of hydroxylamine groups is 1. The molecule has 1 fully saturated rings. The molecule has 3 rings (SSSR count). The number of nitrogens with one attached hydrogen (secondary N) is 2. The number of aromatic nitrogens is 2. The molecule has 0 bridgehead atoms. The Morgan fingerprint density at radius 2 is 2.14 bits per heavy atom. The van der Waals surface area contributed by atoms with Gasteiger partial charge in [0.1, 0.15) is 0 Å². The van der Waals surface area contributed by atoms with Gasteiger partial charge in [-0.1, -0.05) is 0 Å². The molecule has 2 aliphatic rings. The number of hydrogen-bond donors (Lipinski definition) is 2. The molecule has 1 atom stereocenters. The van der Waals surface area contributed by atoms with E-state index in [-0.39, 0.29) is 0 Å². The summed E-state index contributed by atoms with van der Waals surface area (Å²) < 4.78 is 2.26. The van der Waals surface area contributed by atoms with Crippen molar-refractivity contribution >= 4 is 0 Å². The quantitative estimate of drug-likeness (QED) is 0.569. The van der Waals surface area contributed by atoms with E-state index in [2.05, 4.69) is 22.4 Å². The molecule has 0 aromatic carbocycles. The van der Waals surface area contributed by atoms with Gasteiger partial charge in [0, 0.05) is 30.9 Å². The highest BCUT2D eigenvalue weighted by Gasteiger charge is 2.28. The Balaban J connectivity index is 1.71. The van der Waals surface area contributed by atoms with Gasteiger partial charge in [0.05, 0.1) is 12.8 Å². The van der Waals surface area contributed by atoms with E-state index in [0.717, 1.165) is 25.6 Å². The summed E-state index contributed by atoms with van der Waals surface area (Å²) in [6.45, 7) is 4.12. The smallest absolute Gasteiger partial charge is 0.0826 e. The summed E-state index contributed by atoms with van der Waals surface area (Å²) in [7, 11) is 1.67. The summed E-state index contributed by atoms with van der Waals surface area (Å²) in [6.07, 6.45) is 8.72. The number of rotatable bonds is 8. The minimum Gasteiger partial charge on any atom is -0.306 e. The van der Waals surface area contributed by atoms with Crippen molar-refractivity contribution in [2.75, 3.05) is 13.7 Å². The summed E-state index contributed by atoms with van der Waals surface area (Å²) in [4.78, 5) is 4.90. The number of hydrogen-bond acceptors (Lipinski definition) is 4. The first kappa shape index (κ1) is 15.0. The molecule has 1 heterocycles. The molecule has 0 radical (unpaired) electrons. The van der Waals surface area contributed by atoms with Gasteiger partial charge in [-0.25, -0.2) is 5.48 Å². The van der Waals surface area contributed by atoms with Crippen molar-refractivity contribution in [1.82, 2.24) is 20.6 Å². The van der Waals surface area contributed by atoms with Crippen molar-refractivity contribution in [1.29, 1.82) is 0 Å². The molecule has 0 amide bonds. The zero-order valence-electron chi connectivity index (χ0n) is 13.3. The van der Waals surface area contributed by atoms with Crippen LogP contribution in [-0.2, 0) is 24.2 Å². The van der Waals surface area contributed by atoms with Gasteiger partial charge in [-0.15, -0.1) is 0 Å². The highest BCUT2D eigenvalue weighted by Crippen LogP contribution is 2.30. The zero-order chi connectivity index (χ0) is 14.7. The number of nitrogens with zero attached hydrogens (tertiary/aromatic N) is 2. The van der Waals surface area contributed by atoms with Crippen LogP contribution in [0.1, 0.15) is 62.0 Å². The highest BCUT2D eigenvalue weighted by atomic mass is 16.6. The Labute approximate surface area is 127 Å². The topological polar surface area (TPSA) is 51.1 Å². The Hall–Kier alpha value is -0.910. The molecule has 1 aromatic rings. The normalized spacial score (nSPS) is 19.5. The fourth-order valence-corrected chi connectivity index (χ4v) is 3.32. The first-order valence-corrected chi connectivity index (χ1v) is 8.40. The molecule has 5 heteroatoms. The van der Waals surface area contributed by atoms with Crippen LogP contribution >= 0.6 is 0 Å². The largest absolute Gasteiger partial charge is 0.306 e. The second kappa shape index (κ2) is 6.90. The molecule has 1 aromatic heterocycles. The van der Waals surface area contributed by atoms with E-state index < -0.39 is 0 Å². The predicted octanol–water partition coefficient (Wildman–Crippen LogP) is 2.12. The molecule has 118 valence electrons. The van der Waals surface area contributed by atoms with Gasteiger partial charge in [0.25, 0.3) is 0 Å². The average molecular weight is 292 g/mol. The molecule has 2 N–H and O–H groups in total. The summed E-state index contributed by atoms with van der Waals surface area (Å²) in [6, 6.07) is 1.12. The maximum absolute atomic E-state index is 4.96. The van der Waals surface area contributed by atoms with Gasteiger partial charge >= 0.3 is 0 Å². The van der Waals surface area contributed by atoms with Crippen LogP contribution in [0.15, 0.2) is 0 Å². The molecule has 0 unspecified atom stereocenters. The van der Waals surface area contributed by atoms with Crippen LogP contribution < -0.4 is 10.8 Å². The second-order valence-corrected chi connectivity index (χ2v) is 6.36. The fourth-order valence-electron chi connectivity index (χ4n) is 3.32. The third-order valence-electron chi connectivity index (χ3n) is 4.55. The van der Waals surface area contributed by atoms with Crippen molar-refractivity contribution in [2.45, 2.75) is 70.5 Å². The van der Waals surface area contributed by atoms with E-state index >= 15 is 0 Å². The Morgan fingerprint density at radius 1 is 1.33 bits per heavy atom. The van der Waals surface area contributed by atoms with Crippen LogP contribution in [0.4, 0.5) is 0 Å². The summed E-state index contributed by atoms with van der Waals surface area (Å²) in [5.41, 5.74) is 7.22. The fraction of sp³-hybridized carbons (Fsp3) is 0.812. The van der Waals surface area contributed by atoms with Crippen LogP contribution in [0.2, 0.25) is 0 Å². The molecule has 0 saturated heterocycles. The van der Waals surface area contributed by atoms with Crippen molar-refractivity contribution in [2.24, 2.45) is 0 Å². The first-order valence-electron chi connectivity index (χ1n) is 8.40. The molecule has 21 heavy (non-hydrogen) atoms. The molecule has 0 spiro atoms. The van der Waals surface area contributed by atoms with Gasteiger partial charge in [-0.3, -0.25) is 4.68 Å². The van der Waals surface area contributed by atoms with E-state index in [1.165, 1.54) is 55.5 Å². The van der Waals surface area contributed by atoms with Gasteiger partial charge in [0.15, 0.2) is 0 Å². The monoisotopic (exact) mass is 292 g/mol. The maximum atomic E-state index is 4.96. The SMILES string of the molecule is CONCCCn1nc([C@@H](C)NC2CC2)c2c1CCCC2. The first-order chi connectivity index (χ1) is 10.3. The molecule has 0 aliphatic heterocycles. The minimum atomic E-state index is 0.391. The molecule has 1 saturated carbocycles. The second-order valence-electron chi connectivity index (χ2n) is 6.36. The lowest BCUT2D eigenvalue weighted by molar-refractivity contribution is 0.0898. The van der Waals surface area contributed by atoms with Crippen LogP contribution in [0.5, 0.6) is 0 Å². The molecular formula is C16H28N4O. The van der Waals surface area contributed by atoms with Crippen LogP contribution in [0.3, 0.4) is 0 Å². The van der Waals surface area contributed by atoms with Gasteiger partial charge in [-0.2, -0.15) is 5.10 Å². The average Bonchev–Trinajstić information content (AvgIpc) is 3.23. The predicted molar refractivity (Wildman–Crippen MR) is 83.1 cm³/mol. The third kappa shape index (κ3) is 3.65. The van der Waals surface area contributed by atoms with Crippen molar-refractivity contribution in [3.05, 3.63) is 17.0 Å². The van der Waals surface area contributed by atoms with E-state index in [0.29, 0.717) is 6.04 Å². The maximum Gasteiger partial charge on any atom is 0.0826 e. The Kier molecular flexibility index (Phi) is 4.93. The number of fused-ring (bicyclic) bond motifs is 1. The van der Waals surface area contributed by atoms with Crippen molar-refractivity contribution < 1.29 is 4.84 Å². The van der Waals surface area contributed by atoms with Gasteiger partial charge < -0.3 is 10.2 Å².